The zero-order valence-corrected chi connectivity index (χ0v) is 10.7. The van der Waals surface area contributed by atoms with E-state index in [1.165, 1.54) is 0 Å². The van der Waals surface area contributed by atoms with Crippen molar-refractivity contribution in [1.29, 1.82) is 0 Å². The number of carboxylic acids is 1. The van der Waals surface area contributed by atoms with Gasteiger partial charge in [0.2, 0.25) is 5.13 Å². The molecule has 0 unspecified atom stereocenters. The van der Waals surface area contributed by atoms with E-state index in [9.17, 15) is 9.59 Å². The normalized spacial score (nSPS) is 14.3. The zero-order chi connectivity index (χ0) is 13.1. The quantitative estimate of drug-likeness (QED) is 0.841. The van der Waals surface area contributed by atoms with Gasteiger partial charge in [-0.05, 0) is 19.8 Å². The summed E-state index contributed by atoms with van der Waals surface area (Å²) in [5, 5.41) is 11.8. The summed E-state index contributed by atoms with van der Waals surface area (Å²) in [6.07, 6.45) is 1.82. The van der Waals surface area contributed by atoms with Gasteiger partial charge in [-0.15, -0.1) is 0 Å². The van der Waals surface area contributed by atoms with Gasteiger partial charge in [0.25, 0.3) is 0 Å². The molecule has 1 heterocycles. The molecule has 0 aromatic carbocycles. The summed E-state index contributed by atoms with van der Waals surface area (Å²) in [5.41, 5.74) is 0. The molecule has 2 amide bonds. The first kappa shape index (κ1) is 12.7. The molecular weight excluding hydrogens is 256 g/mol. The third kappa shape index (κ3) is 3.39. The number of aliphatic carboxylic acids is 1. The van der Waals surface area contributed by atoms with Gasteiger partial charge in [-0.3, -0.25) is 10.1 Å². The minimum absolute atomic E-state index is 0.0426. The number of aryl methyl sites for hydroxylation is 1. The average Bonchev–Trinajstić information content (AvgIpc) is 3.03. The molecule has 1 fully saturated rings. The molecule has 18 heavy (non-hydrogen) atoms. The average molecular weight is 270 g/mol. The van der Waals surface area contributed by atoms with Crippen LogP contribution in [0.15, 0.2) is 0 Å². The minimum atomic E-state index is -0.903. The number of anilines is 1. The van der Waals surface area contributed by atoms with Crippen molar-refractivity contribution in [3.05, 3.63) is 5.82 Å². The van der Waals surface area contributed by atoms with Crippen molar-refractivity contribution in [3.63, 3.8) is 0 Å². The van der Waals surface area contributed by atoms with Crippen LogP contribution in [0, 0.1) is 6.92 Å². The molecule has 0 saturated heterocycles. The van der Waals surface area contributed by atoms with E-state index in [2.05, 4.69) is 14.7 Å². The molecule has 1 aliphatic rings. The Morgan fingerprint density at radius 2 is 2.28 bits per heavy atom. The van der Waals surface area contributed by atoms with Crippen LogP contribution in [0.25, 0.3) is 0 Å². The van der Waals surface area contributed by atoms with Crippen LogP contribution in [0.1, 0.15) is 25.1 Å². The lowest BCUT2D eigenvalue weighted by atomic mass is 10.4. The lowest BCUT2D eigenvalue weighted by Gasteiger charge is -2.21. The van der Waals surface area contributed by atoms with Crippen molar-refractivity contribution >= 4 is 28.7 Å². The Morgan fingerprint density at radius 1 is 1.56 bits per heavy atom. The van der Waals surface area contributed by atoms with Crippen molar-refractivity contribution in [1.82, 2.24) is 14.3 Å². The van der Waals surface area contributed by atoms with Crippen molar-refractivity contribution in [2.45, 2.75) is 32.2 Å². The largest absolute Gasteiger partial charge is 0.481 e. The number of rotatable bonds is 5. The monoisotopic (exact) mass is 270 g/mol. The first-order valence-electron chi connectivity index (χ1n) is 5.66. The molecule has 1 aromatic rings. The summed E-state index contributed by atoms with van der Waals surface area (Å²) >= 11 is 1.12. The number of nitrogens with one attached hydrogen (secondary N) is 1. The van der Waals surface area contributed by atoms with Gasteiger partial charge in [0, 0.05) is 24.1 Å². The predicted octanol–water partition coefficient (Wildman–Crippen LogP) is 1.32. The number of carbonyl (C=O) groups excluding carboxylic acids is 1. The van der Waals surface area contributed by atoms with E-state index in [0.717, 1.165) is 24.4 Å². The fraction of sp³-hybridized carbons (Fsp3) is 0.600. The zero-order valence-electron chi connectivity index (χ0n) is 9.92. The highest BCUT2D eigenvalue weighted by Gasteiger charge is 2.33. The summed E-state index contributed by atoms with van der Waals surface area (Å²) in [6, 6.07) is -0.131. The smallest absolute Gasteiger partial charge is 0.323 e. The van der Waals surface area contributed by atoms with E-state index in [4.69, 9.17) is 5.11 Å². The maximum atomic E-state index is 12.0. The molecule has 8 heteroatoms. The summed E-state index contributed by atoms with van der Waals surface area (Å²) in [4.78, 5) is 28.1. The second-order valence-electron chi connectivity index (χ2n) is 4.15. The van der Waals surface area contributed by atoms with E-state index < -0.39 is 5.97 Å². The maximum Gasteiger partial charge on any atom is 0.323 e. The molecule has 1 saturated carbocycles. The van der Waals surface area contributed by atoms with Crippen LogP contribution in [0.2, 0.25) is 0 Å². The Kier molecular flexibility index (Phi) is 3.75. The number of hydrogen-bond donors (Lipinski definition) is 2. The second-order valence-corrected chi connectivity index (χ2v) is 4.90. The van der Waals surface area contributed by atoms with Crippen LogP contribution in [0.5, 0.6) is 0 Å². The standard InChI is InChI=1S/C10H14N4O3S/c1-6-11-9(18-13-6)12-10(17)14(7-2-3-7)5-4-8(15)16/h7H,2-5H2,1H3,(H,15,16)(H,11,12,13,17). The van der Waals surface area contributed by atoms with E-state index in [1.807, 2.05) is 0 Å². The van der Waals surface area contributed by atoms with Crippen LogP contribution >= 0.6 is 11.5 Å². The summed E-state index contributed by atoms with van der Waals surface area (Å²) in [5.74, 6) is -0.293. The van der Waals surface area contributed by atoms with Crippen LogP contribution < -0.4 is 5.32 Å². The topological polar surface area (TPSA) is 95.4 Å². The molecule has 1 aromatic heterocycles. The molecule has 0 radical (unpaired) electrons. The Bertz CT molecular complexity index is 458. The van der Waals surface area contributed by atoms with Crippen molar-refractivity contribution < 1.29 is 14.7 Å². The van der Waals surface area contributed by atoms with Gasteiger partial charge < -0.3 is 10.0 Å². The van der Waals surface area contributed by atoms with Gasteiger partial charge in [-0.2, -0.15) is 4.37 Å². The van der Waals surface area contributed by atoms with E-state index >= 15 is 0 Å². The van der Waals surface area contributed by atoms with Crippen LogP contribution in [0.3, 0.4) is 0 Å². The Balaban J connectivity index is 1.93. The molecule has 0 aliphatic heterocycles. The number of carbonyl (C=O) groups is 2. The van der Waals surface area contributed by atoms with Crippen LogP contribution in [0.4, 0.5) is 9.93 Å². The molecule has 2 rings (SSSR count). The van der Waals surface area contributed by atoms with Gasteiger partial charge in [-0.1, -0.05) is 0 Å². The third-order valence-corrected chi connectivity index (χ3v) is 3.28. The van der Waals surface area contributed by atoms with Crippen molar-refractivity contribution in [2.75, 3.05) is 11.9 Å². The highest BCUT2D eigenvalue weighted by molar-refractivity contribution is 7.09. The fourth-order valence-electron chi connectivity index (χ4n) is 1.56. The lowest BCUT2D eigenvalue weighted by Crippen LogP contribution is -2.38. The highest BCUT2D eigenvalue weighted by Crippen LogP contribution is 2.27. The number of urea groups is 1. The number of amides is 2. The molecule has 0 atom stereocenters. The van der Waals surface area contributed by atoms with Crippen molar-refractivity contribution in [3.8, 4) is 0 Å². The van der Waals surface area contributed by atoms with Gasteiger partial charge >= 0.3 is 12.0 Å². The van der Waals surface area contributed by atoms with Gasteiger partial charge in [0.15, 0.2) is 0 Å². The maximum absolute atomic E-state index is 12.0. The van der Waals surface area contributed by atoms with Crippen LogP contribution in [-0.2, 0) is 4.79 Å². The van der Waals surface area contributed by atoms with E-state index in [-0.39, 0.29) is 25.0 Å². The highest BCUT2D eigenvalue weighted by atomic mass is 32.1. The molecule has 98 valence electrons. The number of carboxylic acid groups (broad SMARTS) is 1. The third-order valence-electron chi connectivity index (χ3n) is 2.56. The number of nitrogens with zero attached hydrogens (tertiary/aromatic N) is 3. The molecule has 0 spiro atoms. The van der Waals surface area contributed by atoms with Gasteiger partial charge in [-0.25, -0.2) is 9.78 Å². The number of hydrogen-bond acceptors (Lipinski definition) is 5. The number of aromatic nitrogens is 2. The first-order chi connectivity index (χ1) is 8.56. The lowest BCUT2D eigenvalue weighted by molar-refractivity contribution is -0.137. The minimum Gasteiger partial charge on any atom is -0.481 e. The van der Waals surface area contributed by atoms with Crippen molar-refractivity contribution in [2.24, 2.45) is 0 Å². The SMILES string of the molecule is Cc1nsc(NC(=O)N(CCC(=O)O)C2CC2)n1. The molecule has 2 N–H and O–H groups in total. The van der Waals surface area contributed by atoms with E-state index in [1.54, 1.807) is 11.8 Å². The van der Waals surface area contributed by atoms with Gasteiger partial charge in [0.05, 0.1) is 6.42 Å². The van der Waals surface area contributed by atoms with Gasteiger partial charge in [0.1, 0.15) is 5.82 Å². The molecule has 7 nitrogen and oxygen atoms in total. The summed E-state index contributed by atoms with van der Waals surface area (Å²) < 4.78 is 3.97. The Morgan fingerprint density at radius 3 is 2.78 bits per heavy atom. The van der Waals surface area contributed by atoms with E-state index in [0.29, 0.717) is 11.0 Å². The summed E-state index contributed by atoms with van der Waals surface area (Å²) in [7, 11) is 0. The summed E-state index contributed by atoms with van der Waals surface area (Å²) in [6.45, 7) is 1.97. The Hall–Kier alpha value is -1.70. The first-order valence-corrected chi connectivity index (χ1v) is 6.43. The molecule has 1 aliphatic carbocycles. The predicted molar refractivity (Wildman–Crippen MR) is 65.6 cm³/mol. The Labute approximate surface area is 108 Å². The van der Waals surface area contributed by atoms with Crippen LogP contribution in [-0.4, -0.2) is 44.0 Å². The fourth-order valence-corrected chi connectivity index (χ4v) is 2.13. The molecular formula is C10H14N4O3S. The molecule has 0 bridgehead atoms. The second kappa shape index (κ2) is 5.30.